The SMILES string of the molecule is CCC1=CC(C(C)C)=CC1. The zero-order chi connectivity index (χ0) is 7.56. The standard InChI is InChI=1S/C10H16/c1-4-9-5-6-10(7-9)8(2)3/h6-8H,4-5H2,1-3H3. The third-order valence-electron chi connectivity index (χ3n) is 2.09. The summed E-state index contributed by atoms with van der Waals surface area (Å²) in [6.07, 6.45) is 7.12. The van der Waals surface area contributed by atoms with Gasteiger partial charge in [0, 0.05) is 0 Å². The zero-order valence-electron chi connectivity index (χ0n) is 7.15. The highest BCUT2D eigenvalue weighted by Crippen LogP contribution is 2.24. The van der Waals surface area contributed by atoms with Crippen molar-refractivity contribution in [3.8, 4) is 0 Å². The van der Waals surface area contributed by atoms with Crippen LogP contribution in [0.2, 0.25) is 0 Å². The van der Waals surface area contributed by atoms with Crippen LogP contribution in [0, 0.1) is 5.92 Å². The van der Waals surface area contributed by atoms with Crippen molar-refractivity contribution in [1.82, 2.24) is 0 Å². The fraction of sp³-hybridized carbons (Fsp3) is 0.600. The van der Waals surface area contributed by atoms with Crippen LogP contribution in [0.5, 0.6) is 0 Å². The summed E-state index contributed by atoms with van der Waals surface area (Å²) in [4.78, 5) is 0. The van der Waals surface area contributed by atoms with Gasteiger partial charge in [-0.15, -0.1) is 0 Å². The summed E-state index contributed by atoms with van der Waals surface area (Å²) in [6, 6.07) is 0. The average Bonchev–Trinajstić information content (AvgIpc) is 2.34. The molecular formula is C10H16. The van der Waals surface area contributed by atoms with E-state index in [-0.39, 0.29) is 0 Å². The van der Waals surface area contributed by atoms with Crippen molar-refractivity contribution in [2.75, 3.05) is 0 Å². The van der Waals surface area contributed by atoms with Gasteiger partial charge in [-0.05, 0) is 24.3 Å². The van der Waals surface area contributed by atoms with Crippen LogP contribution < -0.4 is 0 Å². The van der Waals surface area contributed by atoms with Gasteiger partial charge in [0.05, 0.1) is 0 Å². The van der Waals surface area contributed by atoms with Crippen LogP contribution in [0.4, 0.5) is 0 Å². The van der Waals surface area contributed by atoms with Gasteiger partial charge in [-0.3, -0.25) is 0 Å². The lowest BCUT2D eigenvalue weighted by Gasteiger charge is -2.00. The molecule has 1 aliphatic carbocycles. The van der Waals surface area contributed by atoms with E-state index < -0.39 is 0 Å². The fourth-order valence-electron chi connectivity index (χ4n) is 1.25. The fourth-order valence-corrected chi connectivity index (χ4v) is 1.25. The monoisotopic (exact) mass is 136 g/mol. The van der Waals surface area contributed by atoms with E-state index in [2.05, 4.69) is 32.9 Å². The Morgan fingerprint density at radius 3 is 2.50 bits per heavy atom. The Bertz CT molecular complexity index is 170. The van der Waals surface area contributed by atoms with Gasteiger partial charge in [0.15, 0.2) is 0 Å². The minimum absolute atomic E-state index is 0.712. The third-order valence-corrected chi connectivity index (χ3v) is 2.09. The number of hydrogen-bond donors (Lipinski definition) is 0. The molecule has 0 aliphatic heterocycles. The van der Waals surface area contributed by atoms with Gasteiger partial charge >= 0.3 is 0 Å². The smallest absolute Gasteiger partial charge is 0.0130 e. The molecule has 0 fully saturated rings. The van der Waals surface area contributed by atoms with Crippen LogP contribution >= 0.6 is 0 Å². The molecule has 0 saturated carbocycles. The highest BCUT2D eigenvalue weighted by atomic mass is 14.1. The molecule has 0 saturated heterocycles. The largest absolute Gasteiger partial charge is 0.0770 e. The lowest BCUT2D eigenvalue weighted by molar-refractivity contribution is 0.793. The Labute approximate surface area is 63.6 Å². The third kappa shape index (κ3) is 1.50. The van der Waals surface area contributed by atoms with Crippen molar-refractivity contribution in [3.63, 3.8) is 0 Å². The van der Waals surface area contributed by atoms with Crippen LogP contribution in [0.1, 0.15) is 33.6 Å². The molecule has 10 heavy (non-hydrogen) atoms. The van der Waals surface area contributed by atoms with Gasteiger partial charge in [-0.2, -0.15) is 0 Å². The van der Waals surface area contributed by atoms with Crippen LogP contribution in [-0.2, 0) is 0 Å². The first-order valence-corrected chi connectivity index (χ1v) is 4.13. The minimum Gasteiger partial charge on any atom is -0.0770 e. The molecule has 56 valence electrons. The van der Waals surface area contributed by atoms with Gasteiger partial charge in [0.25, 0.3) is 0 Å². The van der Waals surface area contributed by atoms with E-state index in [4.69, 9.17) is 0 Å². The van der Waals surface area contributed by atoms with Crippen LogP contribution in [0.3, 0.4) is 0 Å². The van der Waals surface area contributed by atoms with E-state index in [0.717, 1.165) is 0 Å². The second kappa shape index (κ2) is 3.05. The number of hydrogen-bond acceptors (Lipinski definition) is 0. The van der Waals surface area contributed by atoms with Gasteiger partial charge in [0.1, 0.15) is 0 Å². The highest BCUT2D eigenvalue weighted by Gasteiger charge is 2.06. The molecule has 1 rings (SSSR count). The van der Waals surface area contributed by atoms with E-state index >= 15 is 0 Å². The molecule has 0 aromatic carbocycles. The Kier molecular flexibility index (Phi) is 2.31. The quantitative estimate of drug-likeness (QED) is 0.546. The van der Waals surface area contributed by atoms with Crippen LogP contribution in [0.15, 0.2) is 23.3 Å². The Hall–Kier alpha value is -0.520. The lowest BCUT2D eigenvalue weighted by Crippen LogP contribution is -1.86. The Balaban J connectivity index is 2.59. The molecule has 0 radical (unpaired) electrons. The number of rotatable bonds is 2. The summed E-state index contributed by atoms with van der Waals surface area (Å²) in [5.41, 5.74) is 3.11. The summed E-state index contributed by atoms with van der Waals surface area (Å²) >= 11 is 0. The topological polar surface area (TPSA) is 0 Å². The van der Waals surface area contributed by atoms with Crippen molar-refractivity contribution < 1.29 is 0 Å². The normalized spacial score (nSPS) is 17.6. The molecule has 0 N–H and O–H groups in total. The maximum absolute atomic E-state index is 2.35. The zero-order valence-corrected chi connectivity index (χ0v) is 7.15. The molecule has 0 heteroatoms. The first-order valence-electron chi connectivity index (χ1n) is 4.13. The second-order valence-corrected chi connectivity index (χ2v) is 3.22. The van der Waals surface area contributed by atoms with E-state index in [1.165, 1.54) is 18.4 Å². The van der Waals surface area contributed by atoms with Gasteiger partial charge in [-0.1, -0.05) is 38.5 Å². The van der Waals surface area contributed by atoms with E-state index in [1.54, 1.807) is 5.57 Å². The maximum atomic E-state index is 2.35. The molecular weight excluding hydrogens is 120 g/mol. The lowest BCUT2D eigenvalue weighted by atomic mass is 10.1. The second-order valence-electron chi connectivity index (χ2n) is 3.22. The molecule has 0 bridgehead atoms. The van der Waals surface area contributed by atoms with Gasteiger partial charge < -0.3 is 0 Å². The first kappa shape index (κ1) is 7.59. The highest BCUT2D eigenvalue weighted by molar-refractivity contribution is 5.33. The number of allylic oxidation sites excluding steroid dienone is 4. The van der Waals surface area contributed by atoms with E-state index in [0.29, 0.717) is 5.92 Å². The van der Waals surface area contributed by atoms with Crippen LogP contribution in [0.25, 0.3) is 0 Å². The average molecular weight is 136 g/mol. The maximum Gasteiger partial charge on any atom is -0.0130 e. The predicted octanol–water partition coefficient (Wildman–Crippen LogP) is 3.31. The van der Waals surface area contributed by atoms with Crippen molar-refractivity contribution >= 4 is 0 Å². The van der Waals surface area contributed by atoms with Gasteiger partial charge in [-0.25, -0.2) is 0 Å². The first-order chi connectivity index (χ1) is 4.74. The molecule has 0 spiro atoms. The summed E-state index contributed by atoms with van der Waals surface area (Å²) in [6.45, 7) is 6.73. The van der Waals surface area contributed by atoms with E-state index in [1.807, 2.05) is 0 Å². The molecule has 0 aromatic rings. The summed E-state index contributed by atoms with van der Waals surface area (Å²) in [5.74, 6) is 0.712. The summed E-state index contributed by atoms with van der Waals surface area (Å²) in [5, 5.41) is 0. The summed E-state index contributed by atoms with van der Waals surface area (Å²) in [7, 11) is 0. The van der Waals surface area contributed by atoms with Gasteiger partial charge in [0.2, 0.25) is 0 Å². The van der Waals surface area contributed by atoms with Crippen molar-refractivity contribution in [1.29, 1.82) is 0 Å². The molecule has 0 nitrogen and oxygen atoms in total. The minimum atomic E-state index is 0.712. The molecule has 1 aliphatic rings. The molecule has 0 aromatic heterocycles. The molecule has 0 unspecified atom stereocenters. The molecule has 0 amide bonds. The van der Waals surface area contributed by atoms with Crippen molar-refractivity contribution in [3.05, 3.63) is 23.3 Å². The molecule has 0 atom stereocenters. The Morgan fingerprint density at radius 2 is 2.20 bits per heavy atom. The van der Waals surface area contributed by atoms with Crippen molar-refractivity contribution in [2.24, 2.45) is 5.92 Å². The van der Waals surface area contributed by atoms with Crippen LogP contribution in [-0.4, -0.2) is 0 Å². The van der Waals surface area contributed by atoms with Crippen molar-refractivity contribution in [2.45, 2.75) is 33.6 Å². The predicted molar refractivity (Wildman–Crippen MR) is 45.9 cm³/mol. The summed E-state index contributed by atoms with van der Waals surface area (Å²) < 4.78 is 0. The Morgan fingerprint density at radius 1 is 1.50 bits per heavy atom. The van der Waals surface area contributed by atoms with E-state index in [9.17, 15) is 0 Å². The molecule has 0 heterocycles.